The largest absolute Gasteiger partial charge is 0.461 e. The van der Waals surface area contributed by atoms with Gasteiger partial charge in [0.1, 0.15) is 5.71 Å². The van der Waals surface area contributed by atoms with E-state index in [0.717, 1.165) is 0 Å². The number of hydrazone groups is 1. The van der Waals surface area contributed by atoms with E-state index in [9.17, 15) is 18.0 Å². The van der Waals surface area contributed by atoms with Crippen LogP contribution in [0.4, 0.5) is 18.9 Å². The topological polar surface area (TPSA) is 83.3 Å². The van der Waals surface area contributed by atoms with Gasteiger partial charge in [-0.15, -0.1) is 0 Å². The van der Waals surface area contributed by atoms with E-state index >= 15 is 0 Å². The minimum atomic E-state index is -4.62. The fraction of sp³-hybridized carbons (Fsp3) is 0.308. The van der Waals surface area contributed by atoms with Crippen LogP contribution < -0.4 is 5.43 Å². The molecule has 2 N–H and O–H groups in total. The first-order chi connectivity index (χ1) is 11.1. The predicted octanol–water partition coefficient (Wildman–Crippen LogP) is 4.19. The van der Waals surface area contributed by atoms with Gasteiger partial charge < -0.3 is 9.94 Å². The highest BCUT2D eigenvalue weighted by Crippen LogP contribution is 2.38. The molecule has 0 aliphatic carbocycles. The first-order valence-corrected chi connectivity index (χ1v) is 7.13. The molecule has 0 fully saturated rings. The summed E-state index contributed by atoms with van der Waals surface area (Å²) in [5, 5.41) is 14.5. The summed E-state index contributed by atoms with van der Waals surface area (Å²) in [4.78, 5) is 11.7. The number of rotatable bonds is 5. The molecular formula is C13H12Cl2F3N3O3. The normalized spacial score (nSPS) is 13.0. The van der Waals surface area contributed by atoms with Crippen molar-refractivity contribution in [1.82, 2.24) is 0 Å². The molecule has 0 amide bonds. The third kappa shape index (κ3) is 5.00. The Balaban J connectivity index is 3.21. The third-order valence-corrected chi connectivity index (χ3v) is 3.21. The molecule has 1 rings (SSSR count). The molecule has 0 aliphatic rings. The van der Waals surface area contributed by atoms with Gasteiger partial charge in [0.2, 0.25) is 0 Å². The average Bonchev–Trinajstić information content (AvgIpc) is 2.48. The Morgan fingerprint density at radius 2 is 1.88 bits per heavy atom. The number of nitrogens with zero attached hydrogens (tertiary/aromatic N) is 2. The van der Waals surface area contributed by atoms with Gasteiger partial charge >= 0.3 is 12.1 Å². The summed E-state index contributed by atoms with van der Waals surface area (Å²) in [6.07, 6.45) is -4.62. The fourth-order valence-corrected chi connectivity index (χ4v) is 2.05. The number of benzene rings is 1. The van der Waals surface area contributed by atoms with Crippen LogP contribution in [-0.4, -0.2) is 29.2 Å². The van der Waals surface area contributed by atoms with E-state index in [1.807, 2.05) is 0 Å². The molecule has 0 spiro atoms. The summed E-state index contributed by atoms with van der Waals surface area (Å²) in [5.41, 5.74) is 0.511. The van der Waals surface area contributed by atoms with Crippen molar-refractivity contribution in [1.29, 1.82) is 0 Å². The van der Waals surface area contributed by atoms with E-state index in [1.165, 1.54) is 6.92 Å². The molecule has 1 aromatic carbocycles. The molecule has 1 aromatic rings. The van der Waals surface area contributed by atoms with Gasteiger partial charge in [-0.2, -0.15) is 18.3 Å². The van der Waals surface area contributed by atoms with Crippen molar-refractivity contribution in [2.24, 2.45) is 10.3 Å². The molecule has 0 bridgehead atoms. The molecule has 11 heteroatoms. The quantitative estimate of drug-likeness (QED) is 0.344. The molecule has 0 atom stereocenters. The molecule has 0 unspecified atom stereocenters. The molecule has 132 valence electrons. The van der Waals surface area contributed by atoms with Crippen molar-refractivity contribution in [2.75, 3.05) is 12.0 Å². The van der Waals surface area contributed by atoms with Gasteiger partial charge in [-0.1, -0.05) is 28.4 Å². The van der Waals surface area contributed by atoms with Gasteiger partial charge in [-0.05, 0) is 26.0 Å². The zero-order valence-corrected chi connectivity index (χ0v) is 13.9. The van der Waals surface area contributed by atoms with Gasteiger partial charge in [-0.25, -0.2) is 4.79 Å². The minimum Gasteiger partial charge on any atom is -0.461 e. The van der Waals surface area contributed by atoms with Gasteiger partial charge in [0.25, 0.3) is 0 Å². The number of carbonyl (C=O) groups is 1. The van der Waals surface area contributed by atoms with E-state index in [1.54, 1.807) is 6.92 Å². The molecule has 0 aromatic heterocycles. The summed E-state index contributed by atoms with van der Waals surface area (Å²) < 4.78 is 42.7. The Labute approximate surface area is 144 Å². The Kier molecular flexibility index (Phi) is 6.85. The highest BCUT2D eigenvalue weighted by Gasteiger charge is 2.32. The van der Waals surface area contributed by atoms with Crippen LogP contribution in [-0.2, 0) is 15.7 Å². The lowest BCUT2D eigenvalue weighted by Gasteiger charge is -2.12. The first-order valence-electron chi connectivity index (χ1n) is 6.37. The van der Waals surface area contributed by atoms with Crippen molar-refractivity contribution in [2.45, 2.75) is 20.0 Å². The van der Waals surface area contributed by atoms with Crippen LogP contribution >= 0.6 is 23.2 Å². The lowest BCUT2D eigenvalue weighted by Crippen LogP contribution is -2.26. The van der Waals surface area contributed by atoms with E-state index in [0.29, 0.717) is 12.1 Å². The number of halogens is 5. The fourth-order valence-electron chi connectivity index (χ4n) is 1.48. The van der Waals surface area contributed by atoms with Crippen LogP contribution in [0.5, 0.6) is 0 Å². The van der Waals surface area contributed by atoms with Crippen LogP contribution in [0.15, 0.2) is 22.4 Å². The number of nitrogens with one attached hydrogen (secondary N) is 1. The van der Waals surface area contributed by atoms with Crippen molar-refractivity contribution in [3.8, 4) is 0 Å². The Morgan fingerprint density at radius 1 is 1.33 bits per heavy atom. The lowest BCUT2D eigenvalue weighted by molar-refractivity contribution is -0.137. The summed E-state index contributed by atoms with van der Waals surface area (Å²) in [5.74, 6) is -0.903. The van der Waals surface area contributed by atoms with E-state index in [4.69, 9.17) is 33.1 Å². The minimum absolute atomic E-state index is 0.0400. The van der Waals surface area contributed by atoms with Crippen molar-refractivity contribution < 1.29 is 27.9 Å². The lowest BCUT2D eigenvalue weighted by atomic mass is 10.2. The molecule has 6 nitrogen and oxygen atoms in total. The molecule has 24 heavy (non-hydrogen) atoms. The third-order valence-electron chi connectivity index (χ3n) is 2.61. The second-order valence-corrected chi connectivity index (χ2v) is 5.11. The molecule has 0 saturated heterocycles. The van der Waals surface area contributed by atoms with Gasteiger partial charge in [0, 0.05) is 0 Å². The molecule has 0 heterocycles. The standard InChI is InChI=1S/C13H12Cl2F3N3O3/c1-3-24-12(22)10(6(2)21-23)19-20-11-8(14)4-7(5-9(11)15)13(16,17)18/h4-5,20,23H,3H2,1-2H3. The summed E-state index contributed by atoms with van der Waals surface area (Å²) in [6.45, 7) is 2.86. The van der Waals surface area contributed by atoms with Crippen LogP contribution in [0.1, 0.15) is 19.4 Å². The number of esters is 1. The van der Waals surface area contributed by atoms with Crippen LogP contribution in [0.3, 0.4) is 0 Å². The summed E-state index contributed by atoms with van der Waals surface area (Å²) in [7, 11) is 0. The van der Waals surface area contributed by atoms with Crippen molar-refractivity contribution >= 4 is 46.3 Å². The molecule has 0 radical (unpaired) electrons. The maximum absolute atomic E-state index is 12.7. The zero-order chi connectivity index (χ0) is 18.5. The number of alkyl halides is 3. The summed E-state index contributed by atoms with van der Waals surface area (Å²) in [6, 6.07) is 1.31. The molecular weight excluding hydrogens is 374 g/mol. The Bertz CT molecular complexity index is 668. The monoisotopic (exact) mass is 385 g/mol. The van der Waals surface area contributed by atoms with Crippen molar-refractivity contribution in [3.05, 3.63) is 27.7 Å². The van der Waals surface area contributed by atoms with Gasteiger partial charge in [-0.3, -0.25) is 5.43 Å². The molecule has 0 saturated carbocycles. The Morgan fingerprint density at radius 3 is 2.29 bits per heavy atom. The maximum atomic E-state index is 12.7. The zero-order valence-electron chi connectivity index (χ0n) is 12.4. The van der Waals surface area contributed by atoms with E-state index in [-0.39, 0.29) is 28.1 Å². The number of anilines is 1. The van der Waals surface area contributed by atoms with Gasteiger partial charge in [0.15, 0.2) is 5.71 Å². The smallest absolute Gasteiger partial charge is 0.416 e. The second-order valence-electron chi connectivity index (χ2n) is 4.29. The van der Waals surface area contributed by atoms with Crippen molar-refractivity contribution in [3.63, 3.8) is 0 Å². The Hall–Kier alpha value is -2.00. The SMILES string of the molecule is CCOC(=O)C(=NNc1c(Cl)cc(C(F)(F)F)cc1Cl)C(C)=NO. The van der Waals surface area contributed by atoms with Crippen LogP contribution in [0.2, 0.25) is 10.0 Å². The summed E-state index contributed by atoms with van der Waals surface area (Å²) >= 11 is 11.5. The average molecular weight is 386 g/mol. The number of oxime groups is 1. The first kappa shape index (κ1) is 20.0. The van der Waals surface area contributed by atoms with E-state index < -0.39 is 23.4 Å². The van der Waals surface area contributed by atoms with Crippen LogP contribution in [0.25, 0.3) is 0 Å². The van der Waals surface area contributed by atoms with Gasteiger partial charge in [0.05, 0.1) is 27.9 Å². The molecule has 0 aliphatic heterocycles. The number of hydrogen-bond donors (Lipinski definition) is 2. The highest BCUT2D eigenvalue weighted by atomic mass is 35.5. The highest BCUT2D eigenvalue weighted by molar-refractivity contribution is 6.65. The van der Waals surface area contributed by atoms with E-state index in [2.05, 4.69) is 15.7 Å². The number of hydrogen-bond acceptors (Lipinski definition) is 6. The predicted molar refractivity (Wildman–Crippen MR) is 84.1 cm³/mol. The number of carbonyl (C=O) groups excluding carboxylic acids is 1. The van der Waals surface area contributed by atoms with Crippen LogP contribution in [0, 0.1) is 0 Å². The second kappa shape index (κ2) is 8.20. The number of ether oxygens (including phenoxy) is 1. The maximum Gasteiger partial charge on any atom is 0.416 e.